The van der Waals surface area contributed by atoms with Crippen molar-refractivity contribution in [2.45, 2.75) is 57.5 Å². The van der Waals surface area contributed by atoms with Crippen molar-refractivity contribution >= 4 is 35.8 Å². The molecular weight excluding hydrogens is 507 g/mol. The van der Waals surface area contributed by atoms with Gasteiger partial charge in [0, 0.05) is 38.6 Å². The van der Waals surface area contributed by atoms with Gasteiger partial charge in [-0.2, -0.15) is 0 Å². The monoisotopic (exact) mass is 542 g/mol. The summed E-state index contributed by atoms with van der Waals surface area (Å²) < 4.78 is 10.8. The molecule has 2 heterocycles. The van der Waals surface area contributed by atoms with E-state index in [0.717, 1.165) is 55.5 Å². The predicted octanol–water partition coefficient (Wildman–Crippen LogP) is 3.09. The lowest BCUT2D eigenvalue weighted by molar-refractivity contribution is -0.132. The third-order valence-corrected chi connectivity index (χ3v) is 6.65. The molecule has 1 aromatic carbocycles. The Kier molecular flexibility index (Phi) is 8.68. The van der Waals surface area contributed by atoms with Crippen LogP contribution in [0.3, 0.4) is 0 Å². The van der Waals surface area contributed by atoms with Crippen molar-refractivity contribution < 1.29 is 14.3 Å². The molecule has 4 rings (SSSR count). The Morgan fingerprint density at radius 3 is 2.71 bits per heavy atom. The van der Waals surface area contributed by atoms with Crippen molar-refractivity contribution in [3.8, 4) is 11.5 Å². The van der Waals surface area contributed by atoms with E-state index in [4.69, 9.17) is 9.47 Å². The average Bonchev–Trinajstić information content (AvgIpc) is 2.80. The van der Waals surface area contributed by atoms with Crippen LogP contribution in [0.15, 0.2) is 17.1 Å². The molecule has 0 aromatic heterocycles. The van der Waals surface area contributed by atoms with Crippen LogP contribution < -0.4 is 20.1 Å². The number of guanidine groups is 1. The number of carbonyl (C=O) groups excluding carboxylic acids is 1. The minimum absolute atomic E-state index is 0. The van der Waals surface area contributed by atoms with E-state index in [2.05, 4.69) is 15.6 Å². The number of benzene rings is 1. The number of carbonyl (C=O) groups is 1. The van der Waals surface area contributed by atoms with Crippen molar-refractivity contribution in [1.82, 2.24) is 15.5 Å². The molecule has 0 bridgehead atoms. The number of hydrogen-bond donors (Lipinski definition) is 2. The first-order chi connectivity index (χ1) is 14.7. The first-order valence-corrected chi connectivity index (χ1v) is 11.2. The normalized spacial score (nSPS) is 22.1. The maximum Gasteiger partial charge on any atom is 0.222 e. The van der Waals surface area contributed by atoms with Gasteiger partial charge in [0.05, 0.1) is 14.2 Å². The summed E-state index contributed by atoms with van der Waals surface area (Å²) in [6.07, 6.45) is 7.40. The Hall–Kier alpha value is -1.71. The quantitative estimate of drug-likeness (QED) is 0.427. The molecule has 0 radical (unpaired) electrons. The third kappa shape index (κ3) is 5.75. The lowest BCUT2D eigenvalue weighted by Crippen LogP contribution is -2.52. The maximum absolute atomic E-state index is 12.7. The Morgan fingerprint density at radius 1 is 1.19 bits per heavy atom. The van der Waals surface area contributed by atoms with E-state index in [1.807, 2.05) is 17.0 Å². The molecule has 2 unspecified atom stereocenters. The number of fused-ring (bicyclic) bond motifs is 2. The fourth-order valence-electron chi connectivity index (χ4n) is 4.85. The Bertz CT molecular complexity index is 801. The molecule has 8 heteroatoms. The first-order valence-electron chi connectivity index (χ1n) is 11.2. The molecule has 1 fully saturated rings. The van der Waals surface area contributed by atoms with E-state index < -0.39 is 0 Å². The van der Waals surface area contributed by atoms with E-state index in [-0.39, 0.29) is 29.9 Å². The van der Waals surface area contributed by atoms with Gasteiger partial charge in [-0.3, -0.25) is 9.79 Å². The van der Waals surface area contributed by atoms with Crippen LogP contribution in [0.2, 0.25) is 0 Å². The molecule has 1 amide bonds. The summed E-state index contributed by atoms with van der Waals surface area (Å²) in [6.45, 7) is 3.09. The molecule has 31 heavy (non-hydrogen) atoms. The number of rotatable bonds is 6. The smallest absolute Gasteiger partial charge is 0.222 e. The zero-order valence-electron chi connectivity index (χ0n) is 18.6. The highest BCUT2D eigenvalue weighted by molar-refractivity contribution is 14.0. The summed E-state index contributed by atoms with van der Waals surface area (Å²) in [5, 5.41) is 6.95. The highest BCUT2D eigenvalue weighted by Crippen LogP contribution is 2.33. The fraction of sp³-hybridized carbons (Fsp3) is 0.652. The van der Waals surface area contributed by atoms with Crippen molar-refractivity contribution in [2.75, 3.05) is 33.9 Å². The largest absolute Gasteiger partial charge is 0.493 e. The summed E-state index contributed by atoms with van der Waals surface area (Å²) in [5.41, 5.74) is 2.38. The molecule has 7 nitrogen and oxygen atoms in total. The number of amides is 1. The van der Waals surface area contributed by atoms with E-state index in [1.54, 1.807) is 14.2 Å². The second-order valence-corrected chi connectivity index (χ2v) is 8.56. The number of halogens is 1. The van der Waals surface area contributed by atoms with Gasteiger partial charge in [-0.05, 0) is 54.9 Å². The summed E-state index contributed by atoms with van der Waals surface area (Å²) in [6, 6.07) is 4.61. The van der Waals surface area contributed by atoms with Crippen molar-refractivity contribution in [1.29, 1.82) is 0 Å². The number of hydrogen-bond acceptors (Lipinski definition) is 6. The molecule has 0 saturated heterocycles. The molecule has 172 valence electrons. The van der Waals surface area contributed by atoms with Crippen LogP contribution in [0.4, 0.5) is 0 Å². The van der Waals surface area contributed by atoms with Crippen LogP contribution in [0.1, 0.15) is 49.7 Å². The van der Waals surface area contributed by atoms with E-state index in [9.17, 15) is 4.79 Å². The van der Waals surface area contributed by atoms with E-state index >= 15 is 0 Å². The van der Waals surface area contributed by atoms with Crippen LogP contribution in [-0.2, 0) is 17.8 Å². The summed E-state index contributed by atoms with van der Waals surface area (Å²) in [7, 11) is 3.29. The molecule has 2 N–H and O–H groups in total. The van der Waals surface area contributed by atoms with Gasteiger partial charge in [0.2, 0.25) is 5.91 Å². The number of ether oxygens (including phenoxy) is 2. The second kappa shape index (κ2) is 11.2. The molecule has 1 aromatic rings. The number of aliphatic imine (C=N–C) groups is 1. The van der Waals surface area contributed by atoms with Crippen LogP contribution in [0, 0.1) is 5.92 Å². The van der Waals surface area contributed by atoms with Crippen molar-refractivity contribution in [3.63, 3.8) is 0 Å². The zero-order chi connectivity index (χ0) is 20.9. The zero-order valence-corrected chi connectivity index (χ0v) is 20.9. The van der Waals surface area contributed by atoms with Gasteiger partial charge in [0.25, 0.3) is 0 Å². The Morgan fingerprint density at radius 2 is 1.94 bits per heavy atom. The predicted molar refractivity (Wildman–Crippen MR) is 133 cm³/mol. The number of nitrogens with one attached hydrogen (secondary N) is 2. The molecule has 1 saturated carbocycles. The van der Waals surface area contributed by atoms with Crippen molar-refractivity contribution in [2.24, 2.45) is 10.9 Å². The SMILES string of the molecule is COc1cc2c(cc1OC)CN(C(=O)CCCNC1=NCC3CCCCC3N1)CC2.I. The number of methoxy groups -OCH3 is 2. The van der Waals surface area contributed by atoms with Gasteiger partial charge in [-0.1, -0.05) is 12.8 Å². The Labute approximate surface area is 202 Å². The van der Waals surface area contributed by atoms with E-state index in [1.165, 1.54) is 31.2 Å². The first kappa shape index (κ1) is 23.9. The van der Waals surface area contributed by atoms with Crippen LogP contribution in [0.25, 0.3) is 0 Å². The Balaban J connectivity index is 0.00000272. The van der Waals surface area contributed by atoms with Crippen molar-refractivity contribution in [3.05, 3.63) is 23.3 Å². The molecule has 0 spiro atoms. The standard InChI is InChI=1S/C23H34N4O3.HI/c1-29-20-12-16-9-11-27(15-18(16)13-21(20)30-2)22(28)8-5-10-24-23-25-14-17-6-3-4-7-19(17)26-23;/h12-13,17,19H,3-11,14-15H2,1-2H3,(H2,24,25,26);1H. The summed E-state index contributed by atoms with van der Waals surface area (Å²) in [4.78, 5) is 19.3. The van der Waals surface area contributed by atoms with Crippen LogP contribution >= 0.6 is 24.0 Å². The van der Waals surface area contributed by atoms with Gasteiger partial charge >= 0.3 is 0 Å². The minimum atomic E-state index is 0. The van der Waals surface area contributed by atoms with Gasteiger partial charge < -0.3 is 25.0 Å². The molecule has 2 atom stereocenters. The van der Waals surface area contributed by atoms with Gasteiger partial charge in [-0.25, -0.2) is 0 Å². The average molecular weight is 542 g/mol. The number of nitrogens with zero attached hydrogens (tertiary/aromatic N) is 2. The second-order valence-electron chi connectivity index (χ2n) is 8.56. The lowest BCUT2D eigenvalue weighted by atomic mass is 9.84. The highest BCUT2D eigenvalue weighted by atomic mass is 127. The van der Waals surface area contributed by atoms with Gasteiger partial charge in [0.15, 0.2) is 17.5 Å². The fourth-order valence-corrected chi connectivity index (χ4v) is 4.85. The highest BCUT2D eigenvalue weighted by Gasteiger charge is 2.28. The van der Waals surface area contributed by atoms with Gasteiger partial charge in [-0.15, -0.1) is 24.0 Å². The van der Waals surface area contributed by atoms with E-state index in [0.29, 0.717) is 24.9 Å². The van der Waals surface area contributed by atoms with Crippen LogP contribution in [0.5, 0.6) is 11.5 Å². The summed E-state index contributed by atoms with van der Waals surface area (Å²) >= 11 is 0. The summed E-state index contributed by atoms with van der Waals surface area (Å²) in [5.74, 6) is 3.30. The maximum atomic E-state index is 12.7. The molecule has 2 aliphatic heterocycles. The lowest BCUT2D eigenvalue weighted by Gasteiger charge is -2.35. The molecular formula is C23H35IN4O3. The minimum Gasteiger partial charge on any atom is -0.493 e. The third-order valence-electron chi connectivity index (χ3n) is 6.65. The van der Waals surface area contributed by atoms with Crippen LogP contribution in [-0.4, -0.2) is 56.7 Å². The topological polar surface area (TPSA) is 75.2 Å². The molecule has 1 aliphatic carbocycles. The van der Waals surface area contributed by atoms with Gasteiger partial charge in [0.1, 0.15) is 0 Å². The molecule has 3 aliphatic rings.